The van der Waals surface area contributed by atoms with Crippen LogP contribution in [0.4, 0.5) is 13.2 Å². The van der Waals surface area contributed by atoms with E-state index in [1.165, 1.54) is 23.4 Å². The predicted octanol–water partition coefficient (Wildman–Crippen LogP) is 4.02. The topological polar surface area (TPSA) is 80.3 Å². The molecule has 0 unspecified atom stereocenters. The second kappa shape index (κ2) is 8.24. The van der Waals surface area contributed by atoms with E-state index in [2.05, 4.69) is 28.3 Å². The van der Waals surface area contributed by atoms with Crippen LogP contribution in [0, 0.1) is 0 Å². The first kappa shape index (κ1) is 22.1. The Bertz CT molecular complexity index is 1270. The number of fused-ring (bicyclic) bond motifs is 5. The van der Waals surface area contributed by atoms with Crippen molar-refractivity contribution in [2.24, 2.45) is 0 Å². The van der Waals surface area contributed by atoms with Gasteiger partial charge in [-0.25, -0.2) is 4.98 Å². The molecule has 34 heavy (non-hydrogen) atoms. The molecule has 1 fully saturated rings. The van der Waals surface area contributed by atoms with Crippen molar-refractivity contribution in [2.45, 2.75) is 25.2 Å². The van der Waals surface area contributed by atoms with Crippen LogP contribution < -0.4 is 0 Å². The molecule has 8 nitrogen and oxygen atoms in total. The molecular formula is C23H21F3N6O2. The number of nitrogens with zero attached hydrogens (tertiary/aromatic N) is 6. The van der Waals surface area contributed by atoms with Gasteiger partial charge in [-0.1, -0.05) is 23.4 Å². The molecule has 0 bridgehead atoms. The molecule has 0 spiro atoms. The number of rotatable bonds is 7. The van der Waals surface area contributed by atoms with Crippen LogP contribution in [0.5, 0.6) is 0 Å². The summed E-state index contributed by atoms with van der Waals surface area (Å²) in [7, 11) is 0. The molecule has 1 saturated heterocycles. The number of benzene rings is 1. The number of aromatic nitrogens is 4. The van der Waals surface area contributed by atoms with Gasteiger partial charge < -0.3 is 9.42 Å². The van der Waals surface area contributed by atoms with E-state index in [1.807, 2.05) is 4.90 Å². The molecule has 176 valence electrons. The maximum absolute atomic E-state index is 13.7. The van der Waals surface area contributed by atoms with E-state index < -0.39 is 23.7 Å². The summed E-state index contributed by atoms with van der Waals surface area (Å²) in [6.45, 7) is 9.40. The molecule has 0 saturated carbocycles. The Morgan fingerprint density at radius 3 is 2.65 bits per heavy atom. The Kier molecular flexibility index (Phi) is 5.35. The number of halogens is 3. The average molecular weight is 470 g/mol. The van der Waals surface area contributed by atoms with Gasteiger partial charge in [0, 0.05) is 19.6 Å². The third-order valence-electron chi connectivity index (χ3n) is 6.04. The first-order chi connectivity index (χ1) is 16.3. The van der Waals surface area contributed by atoms with Crippen LogP contribution >= 0.6 is 0 Å². The van der Waals surface area contributed by atoms with E-state index in [-0.39, 0.29) is 17.1 Å². The number of amides is 1. The highest BCUT2D eigenvalue weighted by atomic mass is 19.4. The highest BCUT2D eigenvalue weighted by molar-refractivity contribution is 6.01. The fraction of sp³-hybridized carbons (Fsp3) is 0.304. The van der Waals surface area contributed by atoms with Gasteiger partial charge in [-0.15, -0.1) is 13.2 Å². The average Bonchev–Trinajstić information content (AvgIpc) is 3.38. The van der Waals surface area contributed by atoms with E-state index in [9.17, 15) is 18.0 Å². The van der Waals surface area contributed by atoms with Crippen molar-refractivity contribution < 1.29 is 22.5 Å². The molecule has 1 atom stereocenters. The molecule has 4 heterocycles. The van der Waals surface area contributed by atoms with Crippen molar-refractivity contribution in [3.05, 3.63) is 72.5 Å². The quantitative estimate of drug-likeness (QED) is 0.486. The van der Waals surface area contributed by atoms with Crippen LogP contribution in [0.3, 0.4) is 0 Å². The Labute approximate surface area is 193 Å². The predicted molar refractivity (Wildman–Crippen MR) is 116 cm³/mol. The largest absolute Gasteiger partial charge is 0.417 e. The van der Waals surface area contributed by atoms with Crippen LogP contribution in [-0.2, 0) is 12.7 Å². The van der Waals surface area contributed by atoms with Gasteiger partial charge in [0.25, 0.3) is 5.91 Å². The van der Waals surface area contributed by atoms with Crippen molar-refractivity contribution in [2.75, 3.05) is 19.6 Å². The summed E-state index contributed by atoms with van der Waals surface area (Å²) in [6, 6.07) is 3.28. The van der Waals surface area contributed by atoms with Crippen LogP contribution in [-0.4, -0.2) is 55.0 Å². The Balaban J connectivity index is 1.58. The number of hydrogen-bond acceptors (Lipinski definition) is 6. The molecule has 1 amide bonds. The summed E-state index contributed by atoms with van der Waals surface area (Å²) in [6.07, 6.45) is 0.851. The standard InChI is InChI=1S/C23H21F3N6O2/c1-3-9-30(10-4-2)12-17-28-21(29-34-17)19-20-16-8-11-31(16)22(33)18-14(23(24,25)26)6-5-7-15(18)32(20)13-27-19/h3-7,13,16H,1-2,8-12H2/t16-/m0/s1. The minimum atomic E-state index is -4.67. The first-order valence-corrected chi connectivity index (χ1v) is 10.7. The summed E-state index contributed by atoms with van der Waals surface area (Å²) >= 11 is 0. The molecule has 1 aromatic carbocycles. The van der Waals surface area contributed by atoms with E-state index >= 15 is 0 Å². The Hall–Kier alpha value is -3.73. The first-order valence-electron chi connectivity index (χ1n) is 10.7. The molecule has 2 aromatic heterocycles. The van der Waals surface area contributed by atoms with Crippen molar-refractivity contribution in [1.29, 1.82) is 0 Å². The fourth-order valence-electron chi connectivity index (χ4n) is 4.48. The van der Waals surface area contributed by atoms with Gasteiger partial charge in [0.05, 0.1) is 35.1 Å². The van der Waals surface area contributed by atoms with E-state index in [1.54, 1.807) is 16.7 Å². The lowest BCUT2D eigenvalue weighted by Crippen LogP contribution is -2.45. The molecule has 5 rings (SSSR count). The van der Waals surface area contributed by atoms with Gasteiger partial charge in [-0.3, -0.25) is 14.3 Å². The molecule has 0 aliphatic carbocycles. The minimum Gasteiger partial charge on any atom is -0.337 e. The van der Waals surface area contributed by atoms with Crippen molar-refractivity contribution >= 4 is 5.91 Å². The summed E-state index contributed by atoms with van der Waals surface area (Å²) in [5.74, 6) is -0.0712. The maximum atomic E-state index is 13.7. The van der Waals surface area contributed by atoms with E-state index in [4.69, 9.17) is 4.52 Å². The SMILES string of the molecule is C=CCN(CC=C)Cc1nc(-c2ncn3c2[C@@H]2CCN2C(=O)c2c-3cccc2C(F)(F)F)no1. The molecule has 11 heteroatoms. The van der Waals surface area contributed by atoms with E-state index in [0.29, 0.717) is 49.9 Å². The number of hydrogen-bond donors (Lipinski definition) is 0. The second-order valence-corrected chi connectivity index (χ2v) is 8.13. The van der Waals surface area contributed by atoms with Crippen LogP contribution in [0.1, 0.15) is 40.0 Å². The van der Waals surface area contributed by atoms with E-state index in [0.717, 1.165) is 6.07 Å². The zero-order valence-corrected chi connectivity index (χ0v) is 18.1. The van der Waals surface area contributed by atoms with Crippen LogP contribution in [0.2, 0.25) is 0 Å². The fourth-order valence-corrected chi connectivity index (χ4v) is 4.48. The zero-order chi connectivity index (χ0) is 24.0. The zero-order valence-electron chi connectivity index (χ0n) is 18.1. The third kappa shape index (κ3) is 3.52. The van der Waals surface area contributed by atoms with Gasteiger partial charge >= 0.3 is 6.18 Å². The summed E-state index contributed by atoms with van der Waals surface area (Å²) in [5, 5.41) is 4.06. The number of imidazole rings is 1. The van der Waals surface area contributed by atoms with Gasteiger partial charge in [-0.2, -0.15) is 18.2 Å². The van der Waals surface area contributed by atoms with Crippen molar-refractivity contribution in [1.82, 2.24) is 29.5 Å². The lowest BCUT2D eigenvalue weighted by atomic mass is 9.96. The molecular weight excluding hydrogens is 449 g/mol. The van der Waals surface area contributed by atoms with Gasteiger partial charge in [-0.05, 0) is 18.6 Å². The Morgan fingerprint density at radius 1 is 1.24 bits per heavy atom. The normalized spacial score (nSPS) is 17.0. The minimum absolute atomic E-state index is 0.134. The number of alkyl halides is 3. The highest BCUT2D eigenvalue weighted by Crippen LogP contribution is 2.45. The molecule has 2 aliphatic heterocycles. The Morgan fingerprint density at radius 2 is 2.00 bits per heavy atom. The monoisotopic (exact) mass is 470 g/mol. The smallest absolute Gasteiger partial charge is 0.337 e. The summed E-state index contributed by atoms with van der Waals surface area (Å²) in [5.41, 5.74) is -0.258. The second-order valence-electron chi connectivity index (χ2n) is 8.13. The summed E-state index contributed by atoms with van der Waals surface area (Å²) in [4.78, 5) is 25.5. The molecule has 3 aromatic rings. The van der Waals surface area contributed by atoms with Crippen molar-refractivity contribution in [3.63, 3.8) is 0 Å². The van der Waals surface area contributed by atoms with Gasteiger partial charge in [0.15, 0.2) is 0 Å². The van der Waals surface area contributed by atoms with Gasteiger partial charge in [0.1, 0.15) is 12.0 Å². The third-order valence-corrected chi connectivity index (χ3v) is 6.04. The lowest BCUT2D eigenvalue weighted by molar-refractivity contribution is -0.138. The van der Waals surface area contributed by atoms with Crippen LogP contribution in [0.25, 0.3) is 17.2 Å². The van der Waals surface area contributed by atoms with Crippen LogP contribution in [0.15, 0.2) is 54.4 Å². The molecule has 0 radical (unpaired) electrons. The number of carbonyl (C=O) groups is 1. The number of carbonyl (C=O) groups excluding carboxylic acids is 1. The lowest BCUT2D eigenvalue weighted by Gasteiger charge is -2.40. The molecule has 0 N–H and O–H groups in total. The highest BCUT2D eigenvalue weighted by Gasteiger charge is 2.46. The maximum Gasteiger partial charge on any atom is 0.417 e. The van der Waals surface area contributed by atoms with Crippen molar-refractivity contribution in [3.8, 4) is 17.2 Å². The molecule has 2 aliphatic rings. The summed E-state index contributed by atoms with van der Waals surface area (Å²) < 4.78 is 48.2. The van der Waals surface area contributed by atoms with Gasteiger partial charge in [0.2, 0.25) is 11.7 Å².